The summed E-state index contributed by atoms with van der Waals surface area (Å²) < 4.78 is 11.2. The van der Waals surface area contributed by atoms with E-state index >= 15 is 0 Å². The molecule has 2 atom stereocenters. The zero-order chi connectivity index (χ0) is 18.0. The summed E-state index contributed by atoms with van der Waals surface area (Å²) >= 11 is 0. The van der Waals surface area contributed by atoms with Crippen LogP contribution in [0, 0.1) is 0 Å². The Bertz CT molecular complexity index is 922. The molecule has 3 fully saturated rings. The summed E-state index contributed by atoms with van der Waals surface area (Å²) in [6.45, 7) is 4.12. The van der Waals surface area contributed by atoms with Crippen molar-refractivity contribution in [1.82, 2.24) is 20.0 Å². The van der Waals surface area contributed by atoms with Gasteiger partial charge < -0.3 is 14.4 Å². The molecule has 4 heterocycles. The molecule has 2 saturated heterocycles. The highest BCUT2D eigenvalue weighted by atomic mass is 16.6. The Morgan fingerprint density at radius 2 is 2.00 bits per heavy atom. The van der Waals surface area contributed by atoms with Crippen LogP contribution in [0.15, 0.2) is 24.3 Å². The second-order valence-electron chi connectivity index (χ2n) is 7.92. The van der Waals surface area contributed by atoms with Gasteiger partial charge in [-0.3, -0.25) is 14.8 Å². The van der Waals surface area contributed by atoms with E-state index in [1.165, 1.54) is 19.4 Å². The Labute approximate surface area is 157 Å². The van der Waals surface area contributed by atoms with Crippen LogP contribution in [-0.2, 0) is 0 Å². The van der Waals surface area contributed by atoms with E-state index < -0.39 is 0 Å². The first-order valence-corrected chi connectivity index (χ1v) is 9.76. The van der Waals surface area contributed by atoms with E-state index in [9.17, 15) is 4.79 Å². The molecular weight excluding hydrogens is 344 g/mol. The number of carbonyl (C=O) groups excluding carboxylic acids is 1. The van der Waals surface area contributed by atoms with Gasteiger partial charge in [0.2, 0.25) is 0 Å². The molecule has 3 aliphatic heterocycles. The van der Waals surface area contributed by atoms with Crippen LogP contribution in [0.4, 0.5) is 0 Å². The van der Waals surface area contributed by atoms with Crippen LogP contribution in [0.2, 0.25) is 0 Å². The molecule has 6 rings (SSSR count). The molecule has 27 heavy (non-hydrogen) atoms. The average Bonchev–Trinajstić information content (AvgIpc) is 3.14. The van der Waals surface area contributed by atoms with Gasteiger partial charge in [0.05, 0.1) is 11.7 Å². The summed E-state index contributed by atoms with van der Waals surface area (Å²) in [5.41, 5.74) is 2.51. The van der Waals surface area contributed by atoms with E-state index in [0.717, 1.165) is 42.3 Å². The van der Waals surface area contributed by atoms with Crippen molar-refractivity contribution in [2.75, 3.05) is 32.8 Å². The summed E-state index contributed by atoms with van der Waals surface area (Å²) in [4.78, 5) is 17.8. The van der Waals surface area contributed by atoms with Gasteiger partial charge in [0.25, 0.3) is 5.91 Å². The predicted molar refractivity (Wildman–Crippen MR) is 98.0 cm³/mol. The molecule has 2 aromatic rings. The van der Waals surface area contributed by atoms with Crippen LogP contribution in [0.5, 0.6) is 11.5 Å². The van der Waals surface area contributed by atoms with E-state index in [2.05, 4.69) is 20.0 Å². The van der Waals surface area contributed by atoms with Crippen LogP contribution in [-0.4, -0.2) is 70.3 Å². The second-order valence-corrected chi connectivity index (χ2v) is 7.92. The van der Waals surface area contributed by atoms with Crippen molar-refractivity contribution in [3.05, 3.63) is 30.0 Å². The van der Waals surface area contributed by atoms with Gasteiger partial charge in [0.15, 0.2) is 11.5 Å². The standard InChI is InChI=1S/C20H22N4O3/c25-19(24-8-7-23-6-5-20(23)4-3-18(20)24)15-12-14(21-22-15)13-1-2-16-17(11-13)27-10-9-26-16/h1-2,11-12,18H,3-10H2,(H,21,22). The molecule has 0 radical (unpaired) electrons. The third kappa shape index (κ3) is 2.12. The molecule has 1 aromatic heterocycles. The highest BCUT2D eigenvalue weighted by Crippen LogP contribution is 2.51. The molecule has 2 unspecified atom stereocenters. The highest BCUT2D eigenvalue weighted by molar-refractivity contribution is 5.94. The molecule has 1 N–H and O–H groups in total. The van der Waals surface area contributed by atoms with Gasteiger partial charge in [-0.15, -0.1) is 0 Å². The van der Waals surface area contributed by atoms with Crippen LogP contribution in [0.3, 0.4) is 0 Å². The van der Waals surface area contributed by atoms with Crippen molar-refractivity contribution in [1.29, 1.82) is 0 Å². The number of hydrogen-bond donors (Lipinski definition) is 1. The van der Waals surface area contributed by atoms with Crippen molar-refractivity contribution in [3.8, 4) is 22.8 Å². The Morgan fingerprint density at radius 3 is 2.78 bits per heavy atom. The van der Waals surface area contributed by atoms with E-state index in [-0.39, 0.29) is 11.4 Å². The van der Waals surface area contributed by atoms with Gasteiger partial charge in [-0.2, -0.15) is 5.10 Å². The second kappa shape index (κ2) is 5.48. The van der Waals surface area contributed by atoms with Gasteiger partial charge in [-0.05, 0) is 43.5 Å². The third-order valence-electron chi connectivity index (χ3n) is 6.81. The molecule has 1 aliphatic carbocycles. The maximum atomic E-state index is 13.1. The molecule has 1 saturated carbocycles. The predicted octanol–water partition coefficient (Wildman–Crippen LogP) is 1.91. The zero-order valence-electron chi connectivity index (χ0n) is 15.1. The average molecular weight is 366 g/mol. The number of piperazine rings is 1. The molecule has 7 heteroatoms. The molecule has 0 bridgehead atoms. The number of hydrogen-bond acceptors (Lipinski definition) is 5. The molecular formula is C20H22N4O3. The Balaban J connectivity index is 1.25. The number of rotatable bonds is 2. The molecule has 1 spiro atoms. The van der Waals surface area contributed by atoms with Gasteiger partial charge >= 0.3 is 0 Å². The molecule has 7 nitrogen and oxygen atoms in total. The van der Waals surface area contributed by atoms with Crippen LogP contribution < -0.4 is 9.47 Å². The number of nitrogens with zero attached hydrogens (tertiary/aromatic N) is 3. The Hall–Kier alpha value is -2.54. The van der Waals surface area contributed by atoms with Crippen LogP contribution in [0.25, 0.3) is 11.3 Å². The minimum atomic E-state index is 0.0712. The number of benzene rings is 1. The van der Waals surface area contributed by atoms with Gasteiger partial charge in [-0.1, -0.05) is 0 Å². The normalized spacial score (nSPS) is 28.6. The van der Waals surface area contributed by atoms with Crippen molar-refractivity contribution in [3.63, 3.8) is 0 Å². The van der Waals surface area contributed by atoms with Crippen molar-refractivity contribution < 1.29 is 14.3 Å². The number of H-pyrrole nitrogens is 1. The zero-order valence-corrected chi connectivity index (χ0v) is 15.1. The quantitative estimate of drug-likeness (QED) is 0.879. The monoisotopic (exact) mass is 366 g/mol. The van der Waals surface area contributed by atoms with E-state index in [1.807, 2.05) is 24.3 Å². The number of amides is 1. The number of fused-ring (bicyclic) bond motifs is 1. The minimum absolute atomic E-state index is 0.0712. The van der Waals surface area contributed by atoms with Gasteiger partial charge in [0, 0.05) is 30.7 Å². The third-order valence-corrected chi connectivity index (χ3v) is 6.81. The number of aromatic nitrogens is 2. The minimum Gasteiger partial charge on any atom is -0.486 e. The summed E-state index contributed by atoms with van der Waals surface area (Å²) in [6.07, 6.45) is 3.57. The largest absolute Gasteiger partial charge is 0.486 e. The number of ether oxygens (including phenoxy) is 2. The van der Waals surface area contributed by atoms with Crippen LogP contribution in [0.1, 0.15) is 29.8 Å². The SMILES string of the molecule is O=C(c1cc(-c2ccc3c(c2)OCCO3)n[nH]1)N1CCN2CCC23CCC13. The maximum Gasteiger partial charge on any atom is 0.272 e. The molecule has 1 amide bonds. The Kier molecular flexibility index (Phi) is 3.15. The fourth-order valence-electron chi connectivity index (χ4n) is 5.17. The first kappa shape index (κ1) is 15.5. The summed E-state index contributed by atoms with van der Waals surface area (Å²) in [5.74, 6) is 1.56. The van der Waals surface area contributed by atoms with Gasteiger partial charge in [0.1, 0.15) is 18.9 Å². The number of aromatic amines is 1. The lowest BCUT2D eigenvalue weighted by molar-refractivity contribution is -0.161. The molecule has 1 aromatic carbocycles. The fourth-order valence-corrected chi connectivity index (χ4v) is 5.17. The lowest BCUT2D eigenvalue weighted by Crippen LogP contribution is -2.79. The lowest BCUT2D eigenvalue weighted by atomic mass is 9.61. The number of nitrogens with one attached hydrogen (secondary N) is 1. The van der Waals surface area contributed by atoms with Gasteiger partial charge in [-0.25, -0.2) is 0 Å². The number of carbonyl (C=O) groups is 1. The highest BCUT2D eigenvalue weighted by Gasteiger charge is 2.61. The summed E-state index contributed by atoms with van der Waals surface area (Å²) in [6, 6.07) is 7.99. The Morgan fingerprint density at radius 1 is 1.11 bits per heavy atom. The molecule has 140 valence electrons. The van der Waals surface area contributed by atoms with Crippen molar-refractivity contribution >= 4 is 5.91 Å². The van der Waals surface area contributed by atoms with E-state index in [1.54, 1.807) is 0 Å². The van der Waals surface area contributed by atoms with Crippen LogP contribution >= 0.6 is 0 Å². The maximum absolute atomic E-state index is 13.1. The van der Waals surface area contributed by atoms with E-state index in [4.69, 9.17) is 9.47 Å². The fraction of sp³-hybridized carbons (Fsp3) is 0.500. The first-order valence-electron chi connectivity index (χ1n) is 9.76. The lowest BCUT2D eigenvalue weighted by Gasteiger charge is -2.68. The smallest absolute Gasteiger partial charge is 0.272 e. The summed E-state index contributed by atoms with van der Waals surface area (Å²) in [7, 11) is 0. The molecule has 4 aliphatic rings. The van der Waals surface area contributed by atoms with E-state index in [0.29, 0.717) is 24.9 Å². The summed E-state index contributed by atoms with van der Waals surface area (Å²) in [5, 5.41) is 7.34. The van der Waals surface area contributed by atoms with Crippen molar-refractivity contribution in [2.45, 2.75) is 30.8 Å². The first-order chi connectivity index (χ1) is 13.2. The topological polar surface area (TPSA) is 70.7 Å². The van der Waals surface area contributed by atoms with Crippen molar-refractivity contribution in [2.24, 2.45) is 0 Å².